The Kier molecular flexibility index (Phi) is 7.74. The number of benzene rings is 1. The summed E-state index contributed by atoms with van der Waals surface area (Å²) >= 11 is 0. The topological polar surface area (TPSA) is 35.6 Å². The maximum Gasteiger partial charge on any atom is 0.226 e. The third-order valence-electron chi connectivity index (χ3n) is 4.58. The molecule has 4 heteroatoms. The van der Waals surface area contributed by atoms with Gasteiger partial charge in [-0.3, -0.25) is 9.69 Å². The first-order chi connectivity index (χ1) is 12.1. The number of nitrogens with one attached hydrogen (secondary N) is 1. The summed E-state index contributed by atoms with van der Waals surface area (Å²) in [5, 5.41) is 3.21. The lowest BCUT2D eigenvalue weighted by atomic mass is 9.96. The second kappa shape index (κ2) is 10.0. The van der Waals surface area contributed by atoms with Gasteiger partial charge in [0.05, 0.1) is 0 Å². The average molecular weight is 341 g/mol. The Morgan fingerprint density at radius 3 is 2.84 bits per heavy atom. The maximum atomic E-state index is 12.4. The van der Waals surface area contributed by atoms with Gasteiger partial charge in [0.25, 0.3) is 0 Å². The Hall–Kier alpha value is -2.07. The Morgan fingerprint density at radius 2 is 2.16 bits per heavy atom. The highest BCUT2D eigenvalue weighted by Gasteiger charge is 2.24. The quantitative estimate of drug-likeness (QED) is 0.782. The minimum atomic E-state index is 0.197. The van der Waals surface area contributed by atoms with Gasteiger partial charge in [-0.1, -0.05) is 37.8 Å². The zero-order chi connectivity index (χ0) is 18.1. The number of para-hydroxylation sites is 1. The van der Waals surface area contributed by atoms with Gasteiger partial charge in [-0.05, 0) is 50.6 Å². The molecule has 4 nitrogen and oxygen atoms in total. The molecule has 1 N–H and O–H groups in total. The van der Waals surface area contributed by atoms with Crippen molar-refractivity contribution < 1.29 is 4.79 Å². The van der Waals surface area contributed by atoms with Gasteiger partial charge in [0.15, 0.2) is 0 Å². The number of rotatable bonds is 8. The van der Waals surface area contributed by atoms with Crippen molar-refractivity contribution in [3.05, 3.63) is 54.9 Å². The molecule has 0 aliphatic carbocycles. The second-order valence-corrected chi connectivity index (χ2v) is 6.68. The number of hydrogen-bond donors (Lipinski definition) is 1. The van der Waals surface area contributed by atoms with Crippen LogP contribution in [0, 0.1) is 5.92 Å². The lowest BCUT2D eigenvalue weighted by Gasteiger charge is -2.36. The van der Waals surface area contributed by atoms with E-state index in [4.69, 9.17) is 0 Å². The van der Waals surface area contributed by atoms with E-state index in [0.717, 1.165) is 37.6 Å². The van der Waals surface area contributed by atoms with E-state index in [-0.39, 0.29) is 5.91 Å². The largest absolute Gasteiger partial charge is 0.365 e. The molecule has 25 heavy (non-hydrogen) atoms. The maximum absolute atomic E-state index is 12.4. The molecule has 0 radical (unpaired) electrons. The first kappa shape index (κ1) is 19.3. The normalized spacial score (nSPS) is 18.2. The van der Waals surface area contributed by atoms with Gasteiger partial charge in [-0.25, -0.2) is 0 Å². The first-order valence-corrected chi connectivity index (χ1v) is 9.27. The predicted molar refractivity (Wildman–Crippen MR) is 105 cm³/mol. The van der Waals surface area contributed by atoms with Crippen molar-refractivity contribution in [2.45, 2.75) is 33.1 Å². The lowest BCUT2D eigenvalue weighted by Crippen LogP contribution is -2.44. The predicted octanol–water partition coefficient (Wildman–Crippen LogP) is 3.78. The van der Waals surface area contributed by atoms with Crippen molar-refractivity contribution in [1.29, 1.82) is 0 Å². The van der Waals surface area contributed by atoms with Gasteiger partial charge in [0.2, 0.25) is 5.91 Å². The van der Waals surface area contributed by atoms with Crippen LogP contribution in [0.3, 0.4) is 0 Å². The molecule has 0 saturated carbocycles. The first-order valence-electron chi connectivity index (χ1n) is 9.27. The monoisotopic (exact) mass is 341 g/mol. The van der Waals surface area contributed by atoms with Gasteiger partial charge in [0, 0.05) is 37.4 Å². The summed E-state index contributed by atoms with van der Waals surface area (Å²) in [6, 6.07) is 10.0. The van der Waals surface area contributed by atoms with Crippen LogP contribution in [0.5, 0.6) is 0 Å². The Morgan fingerprint density at radius 1 is 1.40 bits per heavy atom. The van der Waals surface area contributed by atoms with E-state index in [1.54, 1.807) is 0 Å². The number of allylic oxidation sites excluding steroid dienone is 1. The van der Waals surface area contributed by atoms with Crippen molar-refractivity contribution >= 4 is 11.6 Å². The third-order valence-corrected chi connectivity index (χ3v) is 4.58. The van der Waals surface area contributed by atoms with Crippen molar-refractivity contribution in [1.82, 2.24) is 10.2 Å². The average Bonchev–Trinajstić information content (AvgIpc) is 2.65. The molecule has 1 unspecified atom stereocenters. The molecule has 1 aliphatic rings. The third kappa shape index (κ3) is 6.05. The second-order valence-electron chi connectivity index (χ2n) is 6.68. The van der Waals surface area contributed by atoms with Gasteiger partial charge in [-0.2, -0.15) is 0 Å². The molecule has 1 aliphatic heterocycles. The van der Waals surface area contributed by atoms with Crippen LogP contribution in [-0.4, -0.2) is 37.0 Å². The molecule has 1 fully saturated rings. The van der Waals surface area contributed by atoms with Gasteiger partial charge >= 0.3 is 0 Å². The number of carbonyl (C=O) groups is 1. The molecule has 1 atom stereocenters. The Bertz CT molecular complexity index is 582. The zero-order valence-electron chi connectivity index (χ0n) is 15.6. The fraction of sp³-hybridized carbons (Fsp3) is 0.476. The minimum absolute atomic E-state index is 0.197. The van der Waals surface area contributed by atoms with Crippen LogP contribution in [0.15, 0.2) is 54.9 Å². The number of carbonyl (C=O) groups excluding carboxylic acids is 1. The summed E-state index contributed by atoms with van der Waals surface area (Å²) in [4.78, 5) is 16.8. The number of nitrogens with zero attached hydrogens (tertiary/aromatic N) is 2. The molecule has 0 spiro atoms. The standard InChI is InChI=1S/C21H31N3O/c1-4-13-22-18(3)15-23-14-9-10-19(16-23)17-24(21(25)5-2)20-11-7-6-8-12-20/h4,6-8,11-13,19,22H,3,5,9-10,14-17H2,1-2H3/b13-4-. The fourth-order valence-corrected chi connectivity index (χ4v) is 3.37. The highest BCUT2D eigenvalue weighted by molar-refractivity contribution is 5.93. The van der Waals surface area contributed by atoms with E-state index in [2.05, 4.69) is 16.8 Å². The summed E-state index contributed by atoms with van der Waals surface area (Å²) < 4.78 is 0. The van der Waals surface area contributed by atoms with Crippen LogP contribution in [0.4, 0.5) is 5.69 Å². The van der Waals surface area contributed by atoms with E-state index < -0.39 is 0 Å². The highest BCUT2D eigenvalue weighted by Crippen LogP contribution is 2.22. The number of anilines is 1. The van der Waals surface area contributed by atoms with Crippen LogP contribution < -0.4 is 10.2 Å². The fourth-order valence-electron chi connectivity index (χ4n) is 3.37. The van der Waals surface area contributed by atoms with Crippen LogP contribution in [-0.2, 0) is 4.79 Å². The van der Waals surface area contributed by atoms with Gasteiger partial charge in [-0.15, -0.1) is 0 Å². The Balaban J connectivity index is 1.97. The smallest absolute Gasteiger partial charge is 0.226 e. The van der Waals surface area contributed by atoms with Crippen molar-refractivity contribution in [2.75, 3.05) is 31.1 Å². The van der Waals surface area contributed by atoms with Crippen LogP contribution >= 0.6 is 0 Å². The van der Waals surface area contributed by atoms with E-state index in [1.807, 2.05) is 61.4 Å². The van der Waals surface area contributed by atoms with E-state index >= 15 is 0 Å². The summed E-state index contributed by atoms with van der Waals surface area (Å²) in [6.45, 7) is 11.8. The van der Waals surface area contributed by atoms with Crippen molar-refractivity contribution in [3.8, 4) is 0 Å². The summed E-state index contributed by atoms with van der Waals surface area (Å²) in [5.41, 5.74) is 2.02. The molecular weight excluding hydrogens is 310 g/mol. The Labute approximate surface area is 152 Å². The lowest BCUT2D eigenvalue weighted by molar-refractivity contribution is -0.118. The SMILES string of the molecule is C=C(CN1CCCC(CN(C(=O)CC)c2ccccc2)C1)N/C=C\C. The molecule has 0 aromatic heterocycles. The van der Waals surface area contributed by atoms with Gasteiger partial charge < -0.3 is 10.2 Å². The molecule has 2 rings (SSSR count). The number of amides is 1. The number of likely N-dealkylation sites (tertiary alicyclic amines) is 1. The summed E-state index contributed by atoms with van der Waals surface area (Å²) in [5.74, 6) is 0.696. The van der Waals surface area contributed by atoms with Crippen LogP contribution in [0.25, 0.3) is 0 Å². The number of piperidine rings is 1. The molecule has 1 amide bonds. The molecule has 0 bridgehead atoms. The van der Waals surface area contributed by atoms with E-state index in [1.165, 1.54) is 12.8 Å². The summed E-state index contributed by atoms with van der Waals surface area (Å²) in [7, 11) is 0. The molecular formula is C21H31N3O. The molecule has 1 saturated heterocycles. The van der Waals surface area contributed by atoms with Crippen molar-refractivity contribution in [2.24, 2.45) is 5.92 Å². The zero-order valence-corrected chi connectivity index (χ0v) is 15.6. The highest BCUT2D eigenvalue weighted by atomic mass is 16.2. The van der Waals surface area contributed by atoms with Crippen LogP contribution in [0.2, 0.25) is 0 Å². The molecule has 1 aromatic carbocycles. The van der Waals surface area contributed by atoms with Gasteiger partial charge in [0.1, 0.15) is 0 Å². The minimum Gasteiger partial charge on any atom is -0.365 e. The van der Waals surface area contributed by atoms with E-state index in [0.29, 0.717) is 12.3 Å². The molecule has 1 aromatic rings. The molecule has 136 valence electrons. The molecule has 1 heterocycles. The van der Waals surface area contributed by atoms with Crippen LogP contribution in [0.1, 0.15) is 33.1 Å². The van der Waals surface area contributed by atoms with E-state index in [9.17, 15) is 4.79 Å². The summed E-state index contributed by atoms with van der Waals surface area (Å²) in [6.07, 6.45) is 6.77. The van der Waals surface area contributed by atoms with Crippen molar-refractivity contribution in [3.63, 3.8) is 0 Å². The number of hydrogen-bond acceptors (Lipinski definition) is 3.